The Morgan fingerprint density at radius 1 is 0.296 bits per heavy atom. The summed E-state index contributed by atoms with van der Waals surface area (Å²) in [5.41, 5.74) is 0. The van der Waals surface area contributed by atoms with Gasteiger partial charge in [-0.3, -0.25) is 14.4 Å². The summed E-state index contributed by atoms with van der Waals surface area (Å²) in [6.45, 7) is 6.40. The minimum Gasteiger partial charge on any atom is -0.462 e. The molecule has 6 nitrogen and oxygen atoms in total. The Morgan fingerprint density at radius 3 is 0.873 bits per heavy atom. The molecule has 0 saturated carbocycles. The van der Waals surface area contributed by atoms with E-state index in [0.717, 1.165) is 122 Å². The van der Waals surface area contributed by atoms with Crippen LogP contribution < -0.4 is 0 Å². The predicted molar refractivity (Wildman–Crippen MR) is 307 cm³/mol. The van der Waals surface area contributed by atoms with Gasteiger partial charge in [0.2, 0.25) is 0 Å². The van der Waals surface area contributed by atoms with Crippen molar-refractivity contribution in [1.82, 2.24) is 0 Å². The number of carbonyl (C=O) groups excluding carboxylic acids is 3. The zero-order valence-corrected chi connectivity index (χ0v) is 46.5. The van der Waals surface area contributed by atoms with Gasteiger partial charge in [0.15, 0.2) is 6.10 Å². The van der Waals surface area contributed by atoms with Crippen LogP contribution in [0.15, 0.2) is 97.2 Å². The predicted octanol–water partition coefficient (Wildman–Crippen LogP) is 20.1. The van der Waals surface area contributed by atoms with Gasteiger partial charge in [-0.15, -0.1) is 0 Å². The molecule has 0 N–H and O–H groups in total. The lowest BCUT2D eigenvalue weighted by atomic mass is 10.0. The van der Waals surface area contributed by atoms with Crippen molar-refractivity contribution in [2.75, 3.05) is 13.2 Å². The molecular weight excluding hydrogens is 877 g/mol. The van der Waals surface area contributed by atoms with Crippen LogP contribution in [-0.2, 0) is 28.6 Å². The van der Waals surface area contributed by atoms with Crippen molar-refractivity contribution in [2.24, 2.45) is 0 Å². The molecular formula is C65H110O6. The normalized spacial score (nSPS) is 12.8. The zero-order chi connectivity index (χ0) is 51.4. The zero-order valence-electron chi connectivity index (χ0n) is 46.5. The van der Waals surface area contributed by atoms with E-state index in [1.54, 1.807) is 0 Å². The summed E-state index contributed by atoms with van der Waals surface area (Å²) >= 11 is 0. The third-order valence-corrected chi connectivity index (χ3v) is 12.6. The van der Waals surface area contributed by atoms with E-state index in [4.69, 9.17) is 14.2 Å². The summed E-state index contributed by atoms with van der Waals surface area (Å²) in [7, 11) is 0. The smallest absolute Gasteiger partial charge is 0.306 e. The van der Waals surface area contributed by atoms with Crippen LogP contribution in [0.3, 0.4) is 0 Å². The molecule has 0 saturated heterocycles. The van der Waals surface area contributed by atoms with Crippen molar-refractivity contribution < 1.29 is 28.6 Å². The van der Waals surface area contributed by atoms with E-state index in [2.05, 4.69) is 118 Å². The lowest BCUT2D eigenvalue weighted by Crippen LogP contribution is -2.30. The summed E-state index contributed by atoms with van der Waals surface area (Å²) in [6.07, 6.45) is 78.3. The fraction of sp³-hybridized carbons (Fsp3) is 0.708. The van der Waals surface area contributed by atoms with Crippen LogP contribution in [0.4, 0.5) is 0 Å². The van der Waals surface area contributed by atoms with E-state index >= 15 is 0 Å². The Balaban J connectivity index is 4.45. The SMILES string of the molecule is CC/C=C\C/C=C\C/C=C\C/C=C\C/C=C\CCCCCC(=O)OCC(COC(=O)CCCCCCCC/C=C\C/C=C\C/C=C\CC)OC(=O)CCCCCCCCCCCCCCCCCCCC. The third kappa shape index (κ3) is 57.1. The van der Waals surface area contributed by atoms with Crippen molar-refractivity contribution >= 4 is 17.9 Å². The number of rotatable bonds is 53. The highest BCUT2D eigenvalue weighted by molar-refractivity contribution is 5.71. The second-order valence-corrected chi connectivity index (χ2v) is 19.5. The summed E-state index contributed by atoms with van der Waals surface area (Å²) in [4.78, 5) is 38.2. The highest BCUT2D eigenvalue weighted by Gasteiger charge is 2.19. The van der Waals surface area contributed by atoms with Gasteiger partial charge in [0.25, 0.3) is 0 Å². The molecule has 0 spiro atoms. The Bertz CT molecular complexity index is 1410. The number of ether oxygens (including phenoxy) is 3. The molecule has 71 heavy (non-hydrogen) atoms. The van der Waals surface area contributed by atoms with Crippen LogP contribution in [0.2, 0.25) is 0 Å². The first-order valence-corrected chi connectivity index (χ1v) is 29.7. The molecule has 0 heterocycles. The maximum atomic E-state index is 12.9. The molecule has 0 aromatic heterocycles. The van der Waals surface area contributed by atoms with Crippen molar-refractivity contribution in [3.63, 3.8) is 0 Å². The first kappa shape index (κ1) is 67.3. The Hall–Kier alpha value is -3.67. The Labute approximate surface area is 438 Å². The van der Waals surface area contributed by atoms with Gasteiger partial charge in [-0.1, -0.05) is 259 Å². The van der Waals surface area contributed by atoms with Crippen LogP contribution in [0.5, 0.6) is 0 Å². The minimum atomic E-state index is -0.797. The maximum Gasteiger partial charge on any atom is 0.306 e. The van der Waals surface area contributed by atoms with Crippen LogP contribution in [0.1, 0.15) is 278 Å². The molecule has 0 aromatic rings. The molecule has 1 atom stereocenters. The van der Waals surface area contributed by atoms with Gasteiger partial charge in [-0.05, 0) is 96.3 Å². The number of hydrogen-bond donors (Lipinski definition) is 0. The molecule has 0 aliphatic carbocycles. The molecule has 0 amide bonds. The van der Waals surface area contributed by atoms with Crippen LogP contribution in [-0.4, -0.2) is 37.2 Å². The number of unbranched alkanes of at least 4 members (excludes halogenated alkanes) is 26. The molecule has 6 heteroatoms. The molecule has 0 aromatic carbocycles. The molecule has 0 rings (SSSR count). The van der Waals surface area contributed by atoms with Gasteiger partial charge >= 0.3 is 17.9 Å². The van der Waals surface area contributed by atoms with Gasteiger partial charge in [-0.25, -0.2) is 0 Å². The van der Waals surface area contributed by atoms with Crippen molar-refractivity contribution in [3.8, 4) is 0 Å². The molecule has 1 unspecified atom stereocenters. The van der Waals surface area contributed by atoms with Crippen molar-refractivity contribution in [3.05, 3.63) is 97.2 Å². The second-order valence-electron chi connectivity index (χ2n) is 19.5. The van der Waals surface area contributed by atoms with E-state index in [1.807, 2.05) is 0 Å². The molecule has 406 valence electrons. The van der Waals surface area contributed by atoms with E-state index in [9.17, 15) is 14.4 Å². The number of carbonyl (C=O) groups is 3. The fourth-order valence-corrected chi connectivity index (χ4v) is 8.19. The van der Waals surface area contributed by atoms with Crippen molar-refractivity contribution in [1.29, 1.82) is 0 Å². The van der Waals surface area contributed by atoms with E-state index in [-0.39, 0.29) is 31.1 Å². The summed E-state index contributed by atoms with van der Waals surface area (Å²) < 4.78 is 16.9. The van der Waals surface area contributed by atoms with Gasteiger partial charge in [0.05, 0.1) is 0 Å². The lowest BCUT2D eigenvalue weighted by molar-refractivity contribution is -0.167. The van der Waals surface area contributed by atoms with Crippen molar-refractivity contribution in [2.45, 2.75) is 284 Å². The van der Waals surface area contributed by atoms with Crippen LogP contribution in [0, 0.1) is 0 Å². The largest absolute Gasteiger partial charge is 0.462 e. The molecule has 0 aliphatic heterocycles. The molecule has 0 bridgehead atoms. The maximum absolute atomic E-state index is 12.9. The second kappa shape index (κ2) is 58.9. The minimum absolute atomic E-state index is 0.0938. The van der Waals surface area contributed by atoms with Gasteiger partial charge in [-0.2, -0.15) is 0 Å². The summed E-state index contributed by atoms with van der Waals surface area (Å²) in [5.74, 6) is -0.930. The standard InChI is InChI=1S/C65H110O6/c1-4-7-10-13-16-19-22-25-28-31-33-35-37-40-43-46-49-52-55-58-64(67)70-61-62(60-69-63(66)57-54-51-48-45-42-39-36-30-27-24-21-18-15-12-9-6-3)71-65(68)59-56-53-50-47-44-41-38-34-32-29-26-23-20-17-14-11-8-5-2/h7,9-10,12,16,18-19,21,25,27-28,30,33,35,40,43,62H,4-6,8,11,13-15,17,20,22-24,26,29,31-32,34,36-39,41-42,44-61H2,1-3H3/b10-7-,12-9-,19-16-,21-18-,28-25-,30-27-,35-33-,43-40-. The van der Waals surface area contributed by atoms with Crippen LogP contribution in [0.25, 0.3) is 0 Å². The Kier molecular flexibility index (Phi) is 55.9. The average molecular weight is 988 g/mol. The quantitative estimate of drug-likeness (QED) is 0.0261. The lowest BCUT2D eigenvalue weighted by Gasteiger charge is -2.18. The summed E-state index contributed by atoms with van der Waals surface area (Å²) in [5, 5.41) is 0. The topological polar surface area (TPSA) is 78.9 Å². The number of esters is 3. The number of hydrogen-bond acceptors (Lipinski definition) is 6. The molecule has 0 aliphatic rings. The average Bonchev–Trinajstić information content (AvgIpc) is 3.37. The summed E-state index contributed by atoms with van der Waals surface area (Å²) in [6, 6.07) is 0. The van der Waals surface area contributed by atoms with E-state index < -0.39 is 6.10 Å². The Morgan fingerprint density at radius 2 is 0.549 bits per heavy atom. The van der Waals surface area contributed by atoms with Crippen LogP contribution >= 0.6 is 0 Å². The number of allylic oxidation sites excluding steroid dienone is 16. The first-order valence-electron chi connectivity index (χ1n) is 29.7. The fourth-order valence-electron chi connectivity index (χ4n) is 8.19. The van der Waals surface area contributed by atoms with Gasteiger partial charge < -0.3 is 14.2 Å². The first-order chi connectivity index (χ1) is 35.0. The monoisotopic (exact) mass is 987 g/mol. The van der Waals surface area contributed by atoms with Gasteiger partial charge in [0.1, 0.15) is 13.2 Å². The molecule has 0 radical (unpaired) electrons. The highest BCUT2D eigenvalue weighted by Crippen LogP contribution is 2.16. The van der Waals surface area contributed by atoms with E-state index in [1.165, 1.54) is 116 Å². The van der Waals surface area contributed by atoms with E-state index in [0.29, 0.717) is 19.3 Å². The third-order valence-electron chi connectivity index (χ3n) is 12.6. The van der Waals surface area contributed by atoms with Gasteiger partial charge in [0, 0.05) is 19.3 Å². The molecule has 0 fully saturated rings. The highest BCUT2D eigenvalue weighted by atomic mass is 16.6.